The molecule has 1 aromatic heterocycles. The van der Waals surface area contributed by atoms with Gasteiger partial charge in [-0.3, -0.25) is 4.79 Å². The summed E-state index contributed by atoms with van der Waals surface area (Å²) in [5.41, 5.74) is 0.825. The second-order valence-electron chi connectivity index (χ2n) is 5.89. The summed E-state index contributed by atoms with van der Waals surface area (Å²) in [5, 5.41) is 20.1. The number of ketones is 1. The zero-order valence-electron chi connectivity index (χ0n) is 12.3. The van der Waals surface area contributed by atoms with E-state index in [1.807, 2.05) is 0 Å². The van der Waals surface area contributed by atoms with Crippen molar-refractivity contribution in [1.82, 2.24) is 0 Å². The van der Waals surface area contributed by atoms with E-state index in [4.69, 9.17) is 9.15 Å². The molecule has 1 aliphatic carbocycles. The van der Waals surface area contributed by atoms with Crippen LogP contribution in [0.25, 0.3) is 11.0 Å². The zero-order valence-corrected chi connectivity index (χ0v) is 12.3. The van der Waals surface area contributed by atoms with Crippen molar-refractivity contribution < 1.29 is 24.2 Å². The molecular weight excluding hydrogens is 272 g/mol. The number of ether oxygens (including phenoxy) is 1. The molecular formula is C16H18O5. The minimum absolute atomic E-state index is 0.0147. The molecule has 0 spiro atoms. The Bertz CT molecular complexity index is 726. The van der Waals surface area contributed by atoms with E-state index in [1.54, 1.807) is 0 Å². The van der Waals surface area contributed by atoms with Crippen molar-refractivity contribution in [3.8, 4) is 17.2 Å². The maximum Gasteiger partial charge on any atom is 0.208 e. The lowest BCUT2D eigenvalue weighted by Crippen LogP contribution is -2.22. The average Bonchev–Trinajstić information content (AvgIpc) is 2.78. The van der Waals surface area contributed by atoms with Crippen molar-refractivity contribution in [3.05, 3.63) is 17.4 Å². The standard InChI is InChI=1S/C16H18O5/c1-7(2)8-4-10(17)13-9-6-11(18)14(19)16(20-3)15(9)21-12(13)5-8/h6-8,18-19H,4-5H2,1-3H3. The maximum absolute atomic E-state index is 12.4. The smallest absolute Gasteiger partial charge is 0.208 e. The highest BCUT2D eigenvalue weighted by molar-refractivity contribution is 6.11. The first-order valence-corrected chi connectivity index (χ1v) is 7.01. The summed E-state index contributed by atoms with van der Waals surface area (Å²) >= 11 is 0. The van der Waals surface area contributed by atoms with Crippen LogP contribution in [0.1, 0.15) is 36.4 Å². The third-order valence-electron chi connectivity index (χ3n) is 4.28. The number of hydrogen-bond acceptors (Lipinski definition) is 5. The number of carbonyl (C=O) groups is 1. The van der Waals surface area contributed by atoms with Gasteiger partial charge < -0.3 is 19.4 Å². The topological polar surface area (TPSA) is 79.9 Å². The molecule has 2 N–H and O–H groups in total. The van der Waals surface area contributed by atoms with E-state index in [2.05, 4.69) is 13.8 Å². The van der Waals surface area contributed by atoms with Crippen molar-refractivity contribution >= 4 is 16.8 Å². The number of carbonyl (C=O) groups excluding carboxylic acids is 1. The Morgan fingerprint density at radius 2 is 2.05 bits per heavy atom. The maximum atomic E-state index is 12.4. The van der Waals surface area contributed by atoms with Gasteiger partial charge in [0.2, 0.25) is 11.5 Å². The van der Waals surface area contributed by atoms with Crippen LogP contribution >= 0.6 is 0 Å². The number of methoxy groups -OCH3 is 1. The third kappa shape index (κ3) is 1.95. The van der Waals surface area contributed by atoms with Gasteiger partial charge in [-0.1, -0.05) is 13.8 Å². The molecule has 1 unspecified atom stereocenters. The normalized spacial score (nSPS) is 18.3. The highest BCUT2D eigenvalue weighted by Crippen LogP contribution is 2.46. The Morgan fingerprint density at radius 1 is 1.33 bits per heavy atom. The summed E-state index contributed by atoms with van der Waals surface area (Å²) in [7, 11) is 1.38. The van der Waals surface area contributed by atoms with E-state index in [1.165, 1.54) is 13.2 Å². The average molecular weight is 290 g/mol. The summed E-state index contributed by atoms with van der Waals surface area (Å²) in [6.45, 7) is 4.17. The Labute approximate surface area is 122 Å². The van der Waals surface area contributed by atoms with Crippen LogP contribution in [-0.4, -0.2) is 23.1 Å². The van der Waals surface area contributed by atoms with E-state index < -0.39 is 0 Å². The van der Waals surface area contributed by atoms with Crippen LogP contribution < -0.4 is 4.74 Å². The Balaban J connectivity index is 2.26. The molecule has 1 aliphatic rings. The number of aromatic hydroxyl groups is 2. The minimum Gasteiger partial charge on any atom is -0.504 e. The fourth-order valence-corrected chi connectivity index (χ4v) is 2.99. The number of furan rings is 1. The largest absolute Gasteiger partial charge is 0.504 e. The lowest BCUT2D eigenvalue weighted by atomic mass is 9.80. The summed E-state index contributed by atoms with van der Waals surface area (Å²) in [6, 6.07) is 1.36. The molecule has 1 atom stereocenters. The molecule has 0 bridgehead atoms. The fourth-order valence-electron chi connectivity index (χ4n) is 2.99. The van der Waals surface area contributed by atoms with Gasteiger partial charge >= 0.3 is 0 Å². The van der Waals surface area contributed by atoms with Crippen LogP contribution in [0.4, 0.5) is 0 Å². The molecule has 0 aliphatic heterocycles. The summed E-state index contributed by atoms with van der Waals surface area (Å²) in [4.78, 5) is 12.4. The van der Waals surface area contributed by atoms with E-state index in [-0.39, 0.29) is 28.9 Å². The van der Waals surface area contributed by atoms with Gasteiger partial charge in [-0.25, -0.2) is 0 Å². The molecule has 5 heteroatoms. The number of rotatable bonds is 2. The van der Waals surface area contributed by atoms with Crippen molar-refractivity contribution in [3.63, 3.8) is 0 Å². The SMILES string of the molecule is COc1c(O)c(O)cc2c3c(oc12)CC(C(C)C)CC3=O. The first-order valence-electron chi connectivity index (χ1n) is 7.01. The molecule has 1 heterocycles. The van der Waals surface area contributed by atoms with Gasteiger partial charge in [0.05, 0.1) is 12.7 Å². The van der Waals surface area contributed by atoms with Gasteiger partial charge in [0.1, 0.15) is 5.76 Å². The number of hydrogen-bond donors (Lipinski definition) is 2. The Morgan fingerprint density at radius 3 is 2.67 bits per heavy atom. The Kier molecular flexibility index (Phi) is 3.08. The lowest BCUT2D eigenvalue weighted by molar-refractivity contribution is 0.0928. The molecule has 0 amide bonds. The first-order chi connectivity index (χ1) is 9.93. The summed E-state index contributed by atoms with van der Waals surface area (Å²) in [6.07, 6.45) is 1.15. The molecule has 0 radical (unpaired) electrons. The number of phenols is 2. The van der Waals surface area contributed by atoms with Gasteiger partial charge in [-0.2, -0.15) is 0 Å². The molecule has 0 fully saturated rings. The van der Waals surface area contributed by atoms with Crippen molar-refractivity contribution in [2.45, 2.75) is 26.7 Å². The van der Waals surface area contributed by atoms with Crippen LogP contribution in [0.15, 0.2) is 10.5 Å². The highest BCUT2D eigenvalue weighted by atomic mass is 16.5. The van der Waals surface area contributed by atoms with E-state index in [0.717, 1.165) is 0 Å². The number of Topliss-reactive ketones (excluding diaryl/α,β-unsaturated/α-hetero) is 1. The minimum atomic E-state index is -0.371. The monoisotopic (exact) mass is 290 g/mol. The fraction of sp³-hybridized carbons (Fsp3) is 0.438. The molecule has 0 saturated carbocycles. The van der Waals surface area contributed by atoms with Crippen molar-refractivity contribution in [2.24, 2.45) is 11.8 Å². The predicted molar refractivity (Wildman–Crippen MR) is 77.1 cm³/mol. The number of fused-ring (bicyclic) bond motifs is 3. The molecule has 3 rings (SSSR count). The van der Waals surface area contributed by atoms with Crippen LogP contribution in [0.3, 0.4) is 0 Å². The van der Waals surface area contributed by atoms with E-state index in [9.17, 15) is 15.0 Å². The van der Waals surface area contributed by atoms with Crippen LogP contribution in [0.2, 0.25) is 0 Å². The third-order valence-corrected chi connectivity index (χ3v) is 4.28. The second-order valence-corrected chi connectivity index (χ2v) is 5.89. The van der Waals surface area contributed by atoms with Crippen molar-refractivity contribution in [2.75, 3.05) is 7.11 Å². The molecule has 21 heavy (non-hydrogen) atoms. The van der Waals surface area contributed by atoms with E-state index in [0.29, 0.717) is 41.1 Å². The zero-order chi connectivity index (χ0) is 15.3. The van der Waals surface area contributed by atoms with Gasteiger partial charge in [-0.15, -0.1) is 0 Å². The molecule has 5 nitrogen and oxygen atoms in total. The number of phenolic OH excluding ortho intramolecular Hbond substituents is 2. The van der Waals surface area contributed by atoms with Gasteiger partial charge in [0.25, 0.3) is 0 Å². The van der Waals surface area contributed by atoms with Gasteiger partial charge in [0, 0.05) is 18.2 Å². The summed E-state index contributed by atoms with van der Waals surface area (Å²) < 4.78 is 10.9. The van der Waals surface area contributed by atoms with Gasteiger partial charge in [-0.05, 0) is 17.9 Å². The molecule has 1 aromatic carbocycles. The molecule has 2 aromatic rings. The molecule has 112 valence electrons. The molecule has 0 saturated heterocycles. The van der Waals surface area contributed by atoms with Gasteiger partial charge in [0.15, 0.2) is 17.1 Å². The quantitative estimate of drug-likeness (QED) is 0.830. The van der Waals surface area contributed by atoms with Crippen LogP contribution in [0.5, 0.6) is 17.2 Å². The second kappa shape index (κ2) is 4.69. The number of benzene rings is 1. The van der Waals surface area contributed by atoms with E-state index >= 15 is 0 Å². The lowest BCUT2D eigenvalue weighted by Gasteiger charge is -2.23. The summed E-state index contributed by atoms with van der Waals surface area (Å²) in [5.74, 6) is 0.640. The highest BCUT2D eigenvalue weighted by Gasteiger charge is 2.33. The van der Waals surface area contributed by atoms with Crippen LogP contribution in [-0.2, 0) is 6.42 Å². The first kappa shape index (κ1) is 13.8. The van der Waals surface area contributed by atoms with Crippen LogP contribution in [0, 0.1) is 11.8 Å². The Hall–Kier alpha value is -2.17. The predicted octanol–water partition coefficient (Wildman–Crippen LogP) is 3.25. The van der Waals surface area contributed by atoms with Crippen molar-refractivity contribution in [1.29, 1.82) is 0 Å².